The Labute approximate surface area is 200 Å². The van der Waals surface area contributed by atoms with Gasteiger partial charge in [-0.25, -0.2) is 14.4 Å². The zero-order chi connectivity index (χ0) is 24.1. The number of fused-ring (bicyclic) bond motifs is 1. The second kappa shape index (κ2) is 7.03. The highest BCUT2D eigenvalue weighted by atomic mass is 16.7. The van der Waals surface area contributed by atoms with Crippen molar-refractivity contribution in [3.05, 3.63) is 18.0 Å². The second-order valence-corrected chi connectivity index (χ2v) is 10.4. The molecule has 1 aromatic heterocycles. The smallest absolute Gasteiger partial charge is 0.412 e. The van der Waals surface area contributed by atoms with Gasteiger partial charge in [-0.05, 0) is 31.2 Å². The summed E-state index contributed by atoms with van der Waals surface area (Å²) in [7, 11) is 0. The second-order valence-electron chi connectivity index (χ2n) is 10.4. The molecular weight excluding hydrogens is 460 g/mol. The zero-order valence-corrected chi connectivity index (χ0v) is 19.2. The van der Waals surface area contributed by atoms with Gasteiger partial charge in [-0.15, -0.1) is 0 Å². The molecule has 12 heteroatoms. The molecule has 7 rings (SSSR count). The lowest BCUT2D eigenvalue weighted by Gasteiger charge is -2.54. The largest absolute Gasteiger partial charge is 0.447 e. The van der Waals surface area contributed by atoms with Gasteiger partial charge in [0.05, 0.1) is 18.8 Å². The summed E-state index contributed by atoms with van der Waals surface area (Å²) >= 11 is 0. The SMILES string of the molecule is CC1OC[C@@H](C(=O)OC(=O)CN2C(=O)[C@]34C(c5cn[nH]c5)[C@@H]3[C@@]24N2C(=O)OC[C@@H]2C2CCCC2)O1. The van der Waals surface area contributed by atoms with Crippen molar-refractivity contribution in [3.8, 4) is 0 Å². The first-order valence-corrected chi connectivity index (χ1v) is 12.2. The molecule has 6 aliphatic rings. The van der Waals surface area contributed by atoms with Gasteiger partial charge in [-0.2, -0.15) is 5.10 Å². The van der Waals surface area contributed by atoms with Gasteiger partial charge in [0.1, 0.15) is 24.2 Å². The van der Waals surface area contributed by atoms with E-state index < -0.39 is 48.0 Å². The van der Waals surface area contributed by atoms with Gasteiger partial charge in [0.25, 0.3) is 0 Å². The molecule has 1 N–H and O–H groups in total. The Bertz CT molecular complexity index is 1120. The van der Waals surface area contributed by atoms with Crippen molar-refractivity contribution in [2.45, 2.75) is 62.6 Å². The summed E-state index contributed by atoms with van der Waals surface area (Å²) in [5.41, 5.74) is -0.774. The first-order valence-electron chi connectivity index (χ1n) is 12.2. The van der Waals surface area contributed by atoms with Crippen molar-refractivity contribution in [1.82, 2.24) is 20.0 Å². The third-order valence-electron chi connectivity index (χ3n) is 8.87. The number of H-pyrrole nitrogens is 1. The number of ether oxygens (including phenoxy) is 4. The summed E-state index contributed by atoms with van der Waals surface area (Å²) in [6.45, 7) is 1.50. The van der Waals surface area contributed by atoms with Crippen LogP contribution >= 0.6 is 0 Å². The molecule has 12 nitrogen and oxygen atoms in total. The number of carbonyl (C=O) groups excluding carboxylic acids is 4. The number of hydrogen-bond acceptors (Lipinski definition) is 9. The summed E-state index contributed by atoms with van der Waals surface area (Å²) < 4.78 is 20.9. The van der Waals surface area contributed by atoms with E-state index in [2.05, 4.69) is 10.2 Å². The molecule has 1 aromatic rings. The number of esters is 2. The van der Waals surface area contributed by atoms with E-state index in [9.17, 15) is 19.2 Å². The molecule has 3 aliphatic heterocycles. The van der Waals surface area contributed by atoms with Crippen LogP contribution in [0.15, 0.2) is 12.4 Å². The van der Waals surface area contributed by atoms with Crippen LogP contribution in [0.3, 0.4) is 0 Å². The van der Waals surface area contributed by atoms with Crippen LogP contribution in [0.25, 0.3) is 0 Å². The Hall–Kier alpha value is -2.99. The number of amides is 2. The molecule has 2 unspecified atom stereocenters. The van der Waals surface area contributed by atoms with Crippen molar-refractivity contribution in [2.75, 3.05) is 19.8 Å². The minimum absolute atomic E-state index is 0.000114. The van der Waals surface area contributed by atoms with Crippen molar-refractivity contribution < 1.29 is 38.1 Å². The minimum atomic E-state index is -0.985. The fraction of sp³-hybridized carbons (Fsp3) is 0.696. The van der Waals surface area contributed by atoms with Gasteiger partial charge >= 0.3 is 18.0 Å². The standard InChI is InChI=1S/C23H26N4O8/c1-11-32-10-15(34-11)19(29)35-16(28)8-26-20(30)22-17(13-6-24-25-7-13)18(22)23(22,26)27-14(9-33-21(27)31)12-4-2-3-5-12/h6-7,11-12,14-15,17-18H,2-5,8-10H2,1H3,(H,24,25)/t11?,14-,15+,17?,18+,22+,23+/m1/s1. The van der Waals surface area contributed by atoms with Crippen LogP contribution in [0.1, 0.15) is 44.1 Å². The fourth-order valence-corrected chi connectivity index (χ4v) is 7.46. The van der Waals surface area contributed by atoms with E-state index in [0.717, 1.165) is 31.2 Å². The highest BCUT2D eigenvalue weighted by Crippen LogP contribution is 2.98. The molecular formula is C23H26N4O8. The Morgan fingerprint density at radius 3 is 2.71 bits per heavy atom. The molecule has 186 valence electrons. The Morgan fingerprint density at radius 2 is 2.06 bits per heavy atom. The van der Waals surface area contributed by atoms with Gasteiger partial charge in [-0.1, -0.05) is 12.8 Å². The number of piperidine rings is 1. The lowest BCUT2D eigenvalue weighted by Crippen LogP contribution is -2.74. The number of likely N-dealkylation sites (tertiary alicyclic amines) is 1. The van der Waals surface area contributed by atoms with E-state index in [1.165, 1.54) is 4.90 Å². The van der Waals surface area contributed by atoms with Gasteiger partial charge in [-0.3, -0.25) is 14.8 Å². The molecule has 0 aromatic carbocycles. The topological polar surface area (TPSA) is 140 Å². The number of aromatic nitrogens is 2. The van der Waals surface area contributed by atoms with Crippen LogP contribution in [0.2, 0.25) is 0 Å². The monoisotopic (exact) mass is 486 g/mol. The van der Waals surface area contributed by atoms with Gasteiger partial charge in [0.15, 0.2) is 12.4 Å². The first-order chi connectivity index (χ1) is 16.9. The molecule has 0 bridgehead atoms. The lowest BCUT2D eigenvalue weighted by atomic mass is 9.80. The van der Waals surface area contributed by atoms with Crippen LogP contribution in [0.5, 0.6) is 0 Å². The molecule has 3 saturated carbocycles. The normalized spacial score (nSPS) is 41.3. The summed E-state index contributed by atoms with van der Waals surface area (Å²) in [6, 6.07) is -0.140. The van der Waals surface area contributed by atoms with Gasteiger partial charge in [0, 0.05) is 18.0 Å². The summed E-state index contributed by atoms with van der Waals surface area (Å²) in [6.07, 6.45) is 5.67. The third-order valence-corrected chi connectivity index (χ3v) is 8.87. The summed E-state index contributed by atoms with van der Waals surface area (Å²) in [4.78, 5) is 54.7. The molecule has 1 spiro atoms. The third kappa shape index (κ3) is 2.51. The maximum absolute atomic E-state index is 13.5. The number of rotatable bonds is 6. The average Bonchev–Trinajstić information content (AvgIpc) is 3.33. The molecule has 3 saturated heterocycles. The van der Waals surface area contributed by atoms with E-state index in [1.807, 2.05) is 0 Å². The first kappa shape index (κ1) is 21.3. The molecule has 6 fully saturated rings. The number of hydrogen-bond donors (Lipinski definition) is 1. The predicted molar refractivity (Wildman–Crippen MR) is 112 cm³/mol. The number of nitrogens with zero attached hydrogens (tertiary/aromatic N) is 3. The van der Waals surface area contributed by atoms with Crippen molar-refractivity contribution in [3.63, 3.8) is 0 Å². The minimum Gasteiger partial charge on any atom is -0.447 e. The van der Waals surface area contributed by atoms with Crippen molar-refractivity contribution in [2.24, 2.45) is 17.3 Å². The Balaban J connectivity index is 1.15. The number of aromatic amines is 1. The van der Waals surface area contributed by atoms with Crippen LogP contribution < -0.4 is 0 Å². The highest BCUT2D eigenvalue weighted by molar-refractivity contribution is 6.09. The maximum Gasteiger partial charge on any atom is 0.412 e. The van der Waals surface area contributed by atoms with E-state index in [1.54, 1.807) is 24.2 Å². The number of nitrogens with one attached hydrogen (secondary N) is 1. The zero-order valence-electron chi connectivity index (χ0n) is 19.2. The molecule has 0 radical (unpaired) electrons. The molecule has 4 heterocycles. The number of carbonyl (C=O) groups is 4. The van der Waals surface area contributed by atoms with Gasteiger partial charge < -0.3 is 23.8 Å². The quantitative estimate of drug-likeness (QED) is 0.346. The molecule has 35 heavy (non-hydrogen) atoms. The Kier molecular flexibility index (Phi) is 4.28. The van der Waals surface area contributed by atoms with Gasteiger partial charge in [0.2, 0.25) is 5.91 Å². The van der Waals surface area contributed by atoms with Crippen LogP contribution in [-0.2, 0) is 33.3 Å². The van der Waals surface area contributed by atoms with Crippen LogP contribution in [0.4, 0.5) is 4.79 Å². The van der Waals surface area contributed by atoms with E-state index in [4.69, 9.17) is 18.9 Å². The lowest BCUT2D eigenvalue weighted by molar-refractivity contribution is -0.184. The van der Waals surface area contributed by atoms with Crippen molar-refractivity contribution >= 4 is 23.9 Å². The predicted octanol–water partition coefficient (Wildman–Crippen LogP) is 0.504. The molecule has 3 aliphatic carbocycles. The maximum atomic E-state index is 13.5. The van der Waals surface area contributed by atoms with Crippen LogP contribution in [-0.4, -0.2) is 87.8 Å². The Morgan fingerprint density at radius 1 is 1.26 bits per heavy atom. The van der Waals surface area contributed by atoms with E-state index in [-0.39, 0.29) is 37.0 Å². The van der Waals surface area contributed by atoms with Crippen LogP contribution in [0, 0.1) is 17.3 Å². The highest BCUT2D eigenvalue weighted by Gasteiger charge is 3.11. The molecule has 7 atom stereocenters. The number of cyclic esters (lactones) is 1. The fourth-order valence-electron chi connectivity index (χ4n) is 7.46. The van der Waals surface area contributed by atoms with Crippen molar-refractivity contribution in [1.29, 1.82) is 0 Å². The van der Waals surface area contributed by atoms with E-state index in [0.29, 0.717) is 5.92 Å². The van der Waals surface area contributed by atoms with E-state index >= 15 is 0 Å². The average molecular weight is 486 g/mol. The molecule has 2 amide bonds. The summed E-state index contributed by atoms with van der Waals surface area (Å²) in [5.74, 6) is -1.84. The number of β-lactam (4-membered cyclic amide) rings is 1. The summed E-state index contributed by atoms with van der Waals surface area (Å²) in [5, 5.41) is 6.80.